The van der Waals surface area contributed by atoms with Crippen molar-refractivity contribution < 1.29 is 4.74 Å². The number of nitrogens with one attached hydrogen (secondary N) is 2. The zero-order valence-electron chi connectivity index (χ0n) is 17.9. The van der Waals surface area contributed by atoms with Crippen molar-refractivity contribution in [1.29, 1.82) is 0 Å². The smallest absolute Gasteiger partial charge is 0.127 e. The Morgan fingerprint density at radius 2 is 1.97 bits per heavy atom. The predicted molar refractivity (Wildman–Crippen MR) is 133 cm³/mol. The molecule has 0 saturated heterocycles. The van der Waals surface area contributed by atoms with Crippen molar-refractivity contribution in [3.63, 3.8) is 0 Å². The van der Waals surface area contributed by atoms with Gasteiger partial charge in [0.2, 0.25) is 0 Å². The number of benzene rings is 1. The Kier molecular flexibility index (Phi) is 5.94. The molecule has 0 radical (unpaired) electrons. The van der Waals surface area contributed by atoms with Crippen LogP contribution in [0.5, 0.6) is 5.75 Å². The Labute approximate surface area is 191 Å². The molecule has 1 saturated carbocycles. The zero-order valence-corrected chi connectivity index (χ0v) is 19.5. The minimum atomic E-state index is 0.463. The van der Waals surface area contributed by atoms with Crippen molar-refractivity contribution >= 4 is 39.4 Å². The topological polar surface area (TPSA) is 46.2 Å². The average Bonchev–Trinajstić information content (AvgIpc) is 3.54. The van der Waals surface area contributed by atoms with E-state index in [0.717, 1.165) is 35.4 Å². The molecule has 2 N–H and O–H groups in total. The van der Waals surface area contributed by atoms with Gasteiger partial charge in [-0.2, -0.15) is 0 Å². The summed E-state index contributed by atoms with van der Waals surface area (Å²) in [6, 6.07) is 18.1. The van der Waals surface area contributed by atoms with Gasteiger partial charge in [-0.25, -0.2) is 4.98 Å². The summed E-state index contributed by atoms with van der Waals surface area (Å²) in [5.41, 5.74) is 2.23. The third-order valence-electron chi connectivity index (χ3n) is 6.00. The van der Waals surface area contributed by atoms with Crippen LogP contribution in [0.3, 0.4) is 0 Å². The molecule has 4 nitrogen and oxygen atoms in total. The maximum absolute atomic E-state index is 5.35. The molecule has 1 fully saturated rings. The predicted octanol–water partition coefficient (Wildman–Crippen LogP) is 6.46. The Morgan fingerprint density at radius 1 is 1.06 bits per heavy atom. The fraction of sp³-hybridized carbons (Fsp3) is 0.320. The number of fused-ring (bicyclic) bond motifs is 1. The highest BCUT2D eigenvalue weighted by Gasteiger charge is 2.24. The monoisotopic (exact) mass is 449 g/mol. The number of nitrogens with zero attached hydrogens (tertiary/aromatic N) is 1. The number of hydrogen-bond donors (Lipinski definition) is 2. The molecule has 6 heteroatoms. The lowest BCUT2D eigenvalue weighted by atomic mass is 10.1. The first kappa shape index (κ1) is 20.5. The van der Waals surface area contributed by atoms with Crippen molar-refractivity contribution in [2.75, 3.05) is 12.4 Å². The number of methoxy groups -OCH3 is 1. The summed E-state index contributed by atoms with van der Waals surface area (Å²) in [4.78, 5) is 8.97. The second-order valence-electron chi connectivity index (χ2n) is 8.18. The van der Waals surface area contributed by atoms with Crippen LogP contribution in [-0.4, -0.2) is 24.2 Å². The van der Waals surface area contributed by atoms with Crippen LogP contribution in [0.1, 0.15) is 29.7 Å². The maximum atomic E-state index is 5.35. The number of hydrogen-bond acceptors (Lipinski definition) is 6. The number of aryl methyl sites for hydroxylation is 1. The molecule has 1 aromatic carbocycles. The van der Waals surface area contributed by atoms with E-state index in [4.69, 9.17) is 9.72 Å². The highest BCUT2D eigenvalue weighted by Crippen LogP contribution is 2.32. The molecular weight excluding hydrogens is 422 g/mol. The third-order valence-corrected chi connectivity index (χ3v) is 8.15. The number of pyridine rings is 1. The van der Waals surface area contributed by atoms with Gasteiger partial charge < -0.3 is 15.4 Å². The van der Waals surface area contributed by atoms with Crippen molar-refractivity contribution in [3.05, 3.63) is 64.4 Å². The molecule has 0 unspecified atom stereocenters. The SMILES string of the molecule is COc1ccc2nc(N[C@H]3CC[C@H](NCc4ccc(-c5cccs5)s4)C3)cc(C)c2c1. The highest BCUT2D eigenvalue weighted by molar-refractivity contribution is 7.21. The van der Waals surface area contributed by atoms with Crippen molar-refractivity contribution in [2.45, 2.75) is 44.8 Å². The lowest BCUT2D eigenvalue weighted by molar-refractivity contribution is 0.415. The van der Waals surface area contributed by atoms with Crippen LogP contribution in [0, 0.1) is 6.92 Å². The van der Waals surface area contributed by atoms with Crippen LogP contribution >= 0.6 is 22.7 Å². The zero-order chi connectivity index (χ0) is 21.2. The Balaban J connectivity index is 1.17. The first-order valence-corrected chi connectivity index (χ1v) is 12.5. The molecule has 31 heavy (non-hydrogen) atoms. The summed E-state index contributed by atoms with van der Waals surface area (Å²) in [5.74, 6) is 1.84. The van der Waals surface area contributed by atoms with E-state index in [0.29, 0.717) is 12.1 Å². The van der Waals surface area contributed by atoms with Gasteiger partial charge >= 0.3 is 0 Å². The molecule has 1 aliphatic carbocycles. The molecular formula is C25H27N3OS2. The largest absolute Gasteiger partial charge is 0.497 e. The molecule has 0 aliphatic heterocycles. The molecule has 5 rings (SSSR count). The summed E-state index contributed by atoms with van der Waals surface area (Å²) >= 11 is 3.70. The third kappa shape index (κ3) is 4.61. The molecule has 160 valence electrons. The Bertz CT molecular complexity index is 1170. The van der Waals surface area contributed by atoms with E-state index in [1.165, 1.54) is 33.0 Å². The quantitative estimate of drug-likeness (QED) is 0.340. The van der Waals surface area contributed by atoms with Crippen LogP contribution < -0.4 is 15.4 Å². The van der Waals surface area contributed by atoms with E-state index in [2.05, 4.69) is 59.3 Å². The van der Waals surface area contributed by atoms with Gasteiger partial charge in [-0.1, -0.05) is 6.07 Å². The van der Waals surface area contributed by atoms with Crippen LogP contribution in [0.25, 0.3) is 20.7 Å². The number of thiophene rings is 2. The fourth-order valence-corrected chi connectivity index (χ4v) is 6.14. The van der Waals surface area contributed by atoms with Gasteiger partial charge in [0.15, 0.2) is 0 Å². The van der Waals surface area contributed by atoms with Crippen molar-refractivity contribution in [1.82, 2.24) is 10.3 Å². The summed E-state index contributed by atoms with van der Waals surface area (Å²) < 4.78 is 5.35. The molecule has 0 bridgehead atoms. The molecule has 3 aromatic heterocycles. The molecule has 4 aromatic rings. The van der Waals surface area contributed by atoms with E-state index in [1.807, 2.05) is 23.5 Å². The minimum absolute atomic E-state index is 0.463. The Morgan fingerprint density at radius 3 is 2.81 bits per heavy atom. The van der Waals surface area contributed by atoms with Gasteiger partial charge in [0.25, 0.3) is 0 Å². The molecule has 0 spiro atoms. The molecule has 0 amide bonds. The highest BCUT2D eigenvalue weighted by atomic mass is 32.1. The normalized spacial score (nSPS) is 18.5. The summed E-state index contributed by atoms with van der Waals surface area (Å²) in [7, 11) is 1.70. The number of aromatic nitrogens is 1. The van der Waals surface area contributed by atoms with Crippen LogP contribution in [0.2, 0.25) is 0 Å². The van der Waals surface area contributed by atoms with E-state index >= 15 is 0 Å². The standard InChI is InChI=1S/C25H27N3OS2/c1-16-12-25(28-22-9-7-19(29-2)14-21(16)22)27-18-6-5-17(13-18)26-15-20-8-10-24(31-20)23-4-3-11-30-23/h3-4,7-12,14,17-18,26H,5-6,13,15H2,1-2H3,(H,27,28)/t17-,18-/m0/s1. The maximum Gasteiger partial charge on any atom is 0.127 e. The van der Waals surface area contributed by atoms with Crippen molar-refractivity contribution in [2.24, 2.45) is 0 Å². The van der Waals surface area contributed by atoms with Gasteiger partial charge in [-0.05, 0) is 79.6 Å². The molecule has 2 atom stereocenters. The minimum Gasteiger partial charge on any atom is -0.497 e. The van der Waals surface area contributed by atoms with E-state index in [1.54, 1.807) is 18.4 Å². The number of rotatable bonds is 7. The summed E-state index contributed by atoms with van der Waals surface area (Å²) in [6.07, 6.45) is 3.50. The lowest BCUT2D eigenvalue weighted by Gasteiger charge is -2.16. The van der Waals surface area contributed by atoms with Gasteiger partial charge in [-0.3, -0.25) is 0 Å². The molecule has 3 heterocycles. The van der Waals surface area contributed by atoms with E-state index in [-0.39, 0.29) is 0 Å². The van der Waals surface area contributed by atoms with E-state index < -0.39 is 0 Å². The second kappa shape index (κ2) is 8.99. The van der Waals surface area contributed by atoms with Crippen molar-refractivity contribution in [3.8, 4) is 15.5 Å². The Hall–Kier alpha value is -2.41. The van der Waals surface area contributed by atoms with Crippen LogP contribution in [0.4, 0.5) is 5.82 Å². The lowest BCUT2D eigenvalue weighted by Crippen LogP contribution is -2.27. The number of ether oxygens (including phenoxy) is 1. The van der Waals surface area contributed by atoms with Gasteiger partial charge in [0.05, 0.1) is 12.6 Å². The van der Waals surface area contributed by atoms with Gasteiger partial charge in [0.1, 0.15) is 11.6 Å². The van der Waals surface area contributed by atoms with Crippen LogP contribution in [-0.2, 0) is 6.54 Å². The first-order valence-electron chi connectivity index (χ1n) is 10.8. The fourth-order valence-electron chi connectivity index (χ4n) is 4.35. The van der Waals surface area contributed by atoms with E-state index in [9.17, 15) is 0 Å². The summed E-state index contributed by atoms with van der Waals surface area (Å²) in [6.45, 7) is 3.09. The van der Waals surface area contributed by atoms with Gasteiger partial charge in [0, 0.05) is 38.6 Å². The number of anilines is 1. The summed E-state index contributed by atoms with van der Waals surface area (Å²) in [5, 5.41) is 10.7. The average molecular weight is 450 g/mol. The first-order chi connectivity index (χ1) is 15.2. The second-order valence-corrected chi connectivity index (χ2v) is 10.3. The van der Waals surface area contributed by atoms with Gasteiger partial charge in [-0.15, -0.1) is 22.7 Å². The van der Waals surface area contributed by atoms with Crippen LogP contribution in [0.15, 0.2) is 53.9 Å². The molecule has 1 aliphatic rings.